The SMILES string of the molecule is CN(C)Cc1ccc(NC=C2CNCc3ccccc32)cc1. The highest BCUT2D eigenvalue weighted by Gasteiger charge is 2.12. The molecule has 2 aromatic carbocycles. The van der Waals surface area contributed by atoms with E-state index in [4.69, 9.17) is 0 Å². The molecular formula is C19H23N3. The molecular weight excluding hydrogens is 270 g/mol. The summed E-state index contributed by atoms with van der Waals surface area (Å²) in [6.45, 7) is 2.83. The maximum Gasteiger partial charge on any atom is 0.0380 e. The van der Waals surface area contributed by atoms with E-state index in [0.29, 0.717) is 0 Å². The summed E-state index contributed by atoms with van der Waals surface area (Å²) >= 11 is 0. The second kappa shape index (κ2) is 6.77. The van der Waals surface area contributed by atoms with Crippen molar-refractivity contribution in [2.24, 2.45) is 0 Å². The normalized spacial score (nSPS) is 15.9. The van der Waals surface area contributed by atoms with E-state index in [0.717, 1.165) is 25.3 Å². The number of fused-ring (bicyclic) bond motifs is 1. The van der Waals surface area contributed by atoms with Crippen molar-refractivity contribution in [3.63, 3.8) is 0 Å². The van der Waals surface area contributed by atoms with Gasteiger partial charge in [-0.15, -0.1) is 0 Å². The maximum absolute atomic E-state index is 3.44. The van der Waals surface area contributed by atoms with Crippen LogP contribution < -0.4 is 10.6 Å². The minimum atomic E-state index is 0.905. The lowest BCUT2D eigenvalue weighted by Gasteiger charge is -2.20. The molecule has 0 unspecified atom stereocenters. The molecule has 0 fully saturated rings. The number of rotatable bonds is 4. The smallest absolute Gasteiger partial charge is 0.0380 e. The van der Waals surface area contributed by atoms with E-state index in [9.17, 15) is 0 Å². The van der Waals surface area contributed by atoms with Gasteiger partial charge in [0.05, 0.1) is 0 Å². The van der Waals surface area contributed by atoms with Gasteiger partial charge >= 0.3 is 0 Å². The molecule has 0 saturated carbocycles. The minimum absolute atomic E-state index is 0.905. The second-order valence-corrected chi connectivity index (χ2v) is 6.01. The molecule has 1 aliphatic rings. The fourth-order valence-electron chi connectivity index (χ4n) is 2.79. The lowest BCUT2D eigenvalue weighted by molar-refractivity contribution is 0.402. The van der Waals surface area contributed by atoms with Gasteiger partial charge in [0.15, 0.2) is 0 Å². The summed E-state index contributed by atoms with van der Waals surface area (Å²) < 4.78 is 0. The van der Waals surface area contributed by atoms with Gasteiger partial charge in [-0.2, -0.15) is 0 Å². The predicted octanol–water partition coefficient (Wildman–Crippen LogP) is 3.30. The Morgan fingerprint density at radius 3 is 2.59 bits per heavy atom. The zero-order valence-corrected chi connectivity index (χ0v) is 13.3. The third-order valence-corrected chi connectivity index (χ3v) is 3.86. The van der Waals surface area contributed by atoms with Gasteiger partial charge in [-0.3, -0.25) is 0 Å². The molecule has 0 amide bonds. The van der Waals surface area contributed by atoms with Gasteiger partial charge in [0.1, 0.15) is 0 Å². The number of nitrogens with zero attached hydrogens (tertiary/aromatic N) is 1. The number of hydrogen-bond acceptors (Lipinski definition) is 3. The average molecular weight is 293 g/mol. The molecule has 2 aromatic rings. The Kier molecular flexibility index (Phi) is 4.56. The molecule has 114 valence electrons. The third kappa shape index (κ3) is 3.56. The number of hydrogen-bond donors (Lipinski definition) is 2. The molecule has 0 atom stereocenters. The van der Waals surface area contributed by atoms with E-state index in [1.165, 1.54) is 22.3 Å². The second-order valence-electron chi connectivity index (χ2n) is 6.01. The summed E-state index contributed by atoms with van der Waals surface area (Å²) in [6, 6.07) is 17.2. The van der Waals surface area contributed by atoms with Crippen LogP contribution in [0.5, 0.6) is 0 Å². The quantitative estimate of drug-likeness (QED) is 0.905. The Bertz CT molecular complexity index is 657. The molecule has 3 heteroatoms. The van der Waals surface area contributed by atoms with E-state index in [1.807, 2.05) is 0 Å². The largest absolute Gasteiger partial charge is 0.361 e. The van der Waals surface area contributed by atoms with Gasteiger partial charge in [0.25, 0.3) is 0 Å². The maximum atomic E-state index is 3.44. The van der Waals surface area contributed by atoms with Crippen LogP contribution in [0, 0.1) is 0 Å². The molecule has 0 aliphatic carbocycles. The van der Waals surface area contributed by atoms with Crippen molar-refractivity contribution in [1.82, 2.24) is 10.2 Å². The molecule has 2 N–H and O–H groups in total. The van der Waals surface area contributed by atoms with Crippen LogP contribution in [0.1, 0.15) is 16.7 Å². The summed E-state index contributed by atoms with van der Waals surface area (Å²) in [6.07, 6.45) is 2.12. The van der Waals surface area contributed by atoms with Gasteiger partial charge in [0, 0.05) is 31.5 Å². The summed E-state index contributed by atoms with van der Waals surface area (Å²) in [4.78, 5) is 2.18. The fraction of sp³-hybridized carbons (Fsp3) is 0.263. The molecule has 1 heterocycles. The molecule has 0 spiro atoms. The van der Waals surface area contributed by atoms with Crippen LogP contribution in [0.4, 0.5) is 5.69 Å². The van der Waals surface area contributed by atoms with Gasteiger partial charge in [-0.05, 0) is 48.5 Å². The minimum Gasteiger partial charge on any atom is -0.361 e. The average Bonchev–Trinajstić information content (AvgIpc) is 2.54. The van der Waals surface area contributed by atoms with Crippen LogP contribution in [0.15, 0.2) is 54.7 Å². The molecule has 1 aliphatic heterocycles. The van der Waals surface area contributed by atoms with Crippen molar-refractivity contribution < 1.29 is 0 Å². The Morgan fingerprint density at radius 1 is 1.05 bits per heavy atom. The highest BCUT2D eigenvalue weighted by Crippen LogP contribution is 2.23. The molecule has 0 radical (unpaired) electrons. The van der Waals surface area contributed by atoms with Gasteiger partial charge in [0.2, 0.25) is 0 Å². The highest BCUT2D eigenvalue weighted by molar-refractivity contribution is 5.73. The van der Waals surface area contributed by atoms with Crippen LogP contribution in [-0.2, 0) is 13.1 Å². The molecule has 0 bridgehead atoms. The van der Waals surface area contributed by atoms with E-state index >= 15 is 0 Å². The number of nitrogens with one attached hydrogen (secondary N) is 2. The fourth-order valence-corrected chi connectivity index (χ4v) is 2.79. The van der Waals surface area contributed by atoms with E-state index in [2.05, 4.69) is 84.4 Å². The van der Waals surface area contributed by atoms with Crippen LogP contribution in [0.3, 0.4) is 0 Å². The van der Waals surface area contributed by atoms with Gasteiger partial charge in [-0.25, -0.2) is 0 Å². The summed E-state index contributed by atoms with van der Waals surface area (Å²) in [5, 5.41) is 6.86. The molecule has 3 rings (SSSR count). The van der Waals surface area contributed by atoms with Crippen molar-refractivity contribution in [3.8, 4) is 0 Å². The molecule has 22 heavy (non-hydrogen) atoms. The van der Waals surface area contributed by atoms with Crippen LogP contribution in [0.25, 0.3) is 5.57 Å². The van der Waals surface area contributed by atoms with Crippen molar-refractivity contribution in [1.29, 1.82) is 0 Å². The molecule has 0 saturated heterocycles. The lowest BCUT2D eigenvalue weighted by atomic mass is 9.97. The first kappa shape index (κ1) is 14.8. The summed E-state index contributed by atoms with van der Waals surface area (Å²) in [5.41, 5.74) is 6.46. The first-order valence-corrected chi connectivity index (χ1v) is 7.70. The standard InChI is InChI=1S/C19H23N3/c1-22(2)14-15-7-9-18(10-8-15)21-13-17-12-20-11-16-5-3-4-6-19(16)17/h3-10,13,20-21H,11-12,14H2,1-2H3. The van der Waals surface area contributed by atoms with Crippen LogP contribution >= 0.6 is 0 Å². The Morgan fingerprint density at radius 2 is 1.82 bits per heavy atom. The van der Waals surface area contributed by atoms with Gasteiger partial charge < -0.3 is 15.5 Å². The molecule has 3 nitrogen and oxygen atoms in total. The number of benzene rings is 2. The summed E-state index contributed by atoms with van der Waals surface area (Å²) in [7, 11) is 4.17. The van der Waals surface area contributed by atoms with Crippen molar-refractivity contribution in [2.75, 3.05) is 26.0 Å². The topological polar surface area (TPSA) is 27.3 Å². The first-order valence-electron chi connectivity index (χ1n) is 7.70. The Labute approximate surface area is 132 Å². The van der Waals surface area contributed by atoms with Crippen molar-refractivity contribution >= 4 is 11.3 Å². The zero-order chi connectivity index (χ0) is 15.4. The van der Waals surface area contributed by atoms with E-state index in [-0.39, 0.29) is 0 Å². The monoisotopic (exact) mass is 293 g/mol. The first-order chi connectivity index (χ1) is 10.7. The van der Waals surface area contributed by atoms with E-state index < -0.39 is 0 Å². The zero-order valence-electron chi connectivity index (χ0n) is 13.3. The van der Waals surface area contributed by atoms with Crippen LogP contribution in [-0.4, -0.2) is 25.5 Å². The lowest BCUT2D eigenvalue weighted by Crippen LogP contribution is -2.23. The van der Waals surface area contributed by atoms with E-state index in [1.54, 1.807) is 0 Å². The summed E-state index contributed by atoms with van der Waals surface area (Å²) in [5.74, 6) is 0. The Balaban J connectivity index is 1.72. The molecule has 0 aromatic heterocycles. The highest BCUT2D eigenvalue weighted by atomic mass is 15.0. The Hall–Kier alpha value is -2.10. The van der Waals surface area contributed by atoms with Crippen molar-refractivity contribution in [2.45, 2.75) is 13.1 Å². The van der Waals surface area contributed by atoms with Crippen LogP contribution in [0.2, 0.25) is 0 Å². The van der Waals surface area contributed by atoms with Gasteiger partial charge in [-0.1, -0.05) is 36.4 Å². The number of anilines is 1. The van der Waals surface area contributed by atoms with Crippen molar-refractivity contribution in [3.05, 3.63) is 71.4 Å². The predicted molar refractivity (Wildman–Crippen MR) is 93.6 cm³/mol. The third-order valence-electron chi connectivity index (χ3n) is 3.86.